The van der Waals surface area contributed by atoms with Gasteiger partial charge < -0.3 is 0 Å². The van der Waals surface area contributed by atoms with Crippen LogP contribution in [0.25, 0.3) is 0 Å². The molecule has 0 N–H and O–H groups in total. The van der Waals surface area contributed by atoms with Gasteiger partial charge >= 0.3 is 77.2 Å². The molecule has 0 radical (unpaired) electrons. The van der Waals surface area contributed by atoms with E-state index >= 15 is 0 Å². The molecule has 0 aromatic heterocycles. The molecule has 11 heavy (non-hydrogen) atoms. The predicted octanol–water partition coefficient (Wildman–Crippen LogP) is 4.42. The van der Waals surface area contributed by atoms with Crippen LogP contribution in [0.2, 0.25) is 13.2 Å². The SMILES string of the molecule is C[CH](C)[Pd]([PH2])([CH](C)C)[CH](C)C. The first kappa shape index (κ1) is 12.1. The van der Waals surface area contributed by atoms with Crippen molar-refractivity contribution in [2.45, 2.75) is 54.7 Å². The van der Waals surface area contributed by atoms with Gasteiger partial charge in [0.2, 0.25) is 0 Å². The Morgan fingerprint density at radius 3 is 0.909 bits per heavy atom. The summed E-state index contributed by atoms with van der Waals surface area (Å²) in [4.78, 5) is 0. The van der Waals surface area contributed by atoms with Crippen LogP contribution in [0, 0.1) is 0 Å². The van der Waals surface area contributed by atoms with Gasteiger partial charge in [-0.05, 0) is 0 Å². The fraction of sp³-hybridized carbons (Fsp3) is 1.00. The van der Waals surface area contributed by atoms with Gasteiger partial charge in [0, 0.05) is 0 Å². The Morgan fingerprint density at radius 1 is 0.727 bits per heavy atom. The van der Waals surface area contributed by atoms with Gasteiger partial charge in [-0.25, -0.2) is 0 Å². The molecule has 2 heteroatoms. The van der Waals surface area contributed by atoms with Gasteiger partial charge in [-0.2, -0.15) is 0 Å². The van der Waals surface area contributed by atoms with Crippen molar-refractivity contribution in [2.24, 2.45) is 0 Å². The van der Waals surface area contributed by atoms with Crippen molar-refractivity contribution in [1.82, 2.24) is 0 Å². The molecule has 0 aliphatic carbocycles. The van der Waals surface area contributed by atoms with Crippen molar-refractivity contribution >= 4 is 7.43 Å². The van der Waals surface area contributed by atoms with E-state index in [-0.39, 0.29) is 0 Å². The molecule has 74 valence electrons. The average Bonchev–Trinajstić information content (AvgIpc) is 1.84. The first-order valence-corrected chi connectivity index (χ1v) is 9.94. The second-order valence-corrected chi connectivity index (χ2v) is 15.7. The predicted molar refractivity (Wildman–Crippen MR) is 55.0 cm³/mol. The first-order chi connectivity index (χ1) is 4.83. The summed E-state index contributed by atoms with van der Waals surface area (Å²) in [5.74, 6) is 0. The molecule has 1 atom stereocenters. The summed E-state index contributed by atoms with van der Waals surface area (Å²) in [5.41, 5.74) is 0. The summed E-state index contributed by atoms with van der Waals surface area (Å²) in [6, 6.07) is 0. The molecule has 0 aliphatic heterocycles. The van der Waals surface area contributed by atoms with E-state index in [0.717, 1.165) is 13.2 Å². The quantitative estimate of drug-likeness (QED) is 0.525. The van der Waals surface area contributed by atoms with E-state index in [1.165, 1.54) is 0 Å². The fourth-order valence-electron chi connectivity index (χ4n) is 1.26. The van der Waals surface area contributed by atoms with E-state index in [9.17, 15) is 0 Å². The molecule has 0 aromatic rings. The van der Waals surface area contributed by atoms with E-state index in [2.05, 4.69) is 49.0 Å². The van der Waals surface area contributed by atoms with Gasteiger partial charge in [-0.15, -0.1) is 0 Å². The molecular formula is C9H23PPd. The maximum absolute atomic E-state index is 3.21. The first-order valence-electron chi connectivity index (χ1n) is 4.19. The van der Waals surface area contributed by atoms with Gasteiger partial charge in [-0.3, -0.25) is 0 Å². The van der Waals surface area contributed by atoms with Crippen molar-refractivity contribution in [1.29, 1.82) is 0 Å². The van der Waals surface area contributed by atoms with E-state index in [0.29, 0.717) is 0 Å². The minimum absolute atomic E-state index is 0.893. The van der Waals surface area contributed by atoms with Gasteiger partial charge in [0.05, 0.1) is 0 Å². The number of rotatable bonds is 3. The Balaban J connectivity index is 4.53. The summed E-state index contributed by atoms with van der Waals surface area (Å²) in [5, 5.41) is 0. The van der Waals surface area contributed by atoms with Crippen molar-refractivity contribution in [2.75, 3.05) is 0 Å². The minimum atomic E-state index is -1.18. The van der Waals surface area contributed by atoms with Crippen LogP contribution in [-0.4, -0.2) is 0 Å². The van der Waals surface area contributed by atoms with Crippen LogP contribution in [-0.2, 0) is 15.0 Å². The van der Waals surface area contributed by atoms with Crippen LogP contribution in [0.4, 0.5) is 0 Å². The third-order valence-corrected chi connectivity index (χ3v) is 18.7. The fourth-order valence-corrected chi connectivity index (χ4v) is 7.48. The van der Waals surface area contributed by atoms with Crippen molar-refractivity contribution in [3.05, 3.63) is 0 Å². The Hall–Kier alpha value is 1.09. The van der Waals surface area contributed by atoms with Crippen LogP contribution < -0.4 is 0 Å². The van der Waals surface area contributed by atoms with Gasteiger partial charge in [0.1, 0.15) is 0 Å². The van der Waals surface area contributed by atoms with Gasteiger partial charge in [0.25, 0.3) is 0 Å². The maximum atomic E-state index is 3.21. The monoisotopic (exact) mass is 268 g/mol. The molecule has 0 saturated heterocycles. The molecule has 0 amide bonds. The molecule has 0 rings (SSSR count). The van der Waals surface area contributed by atoms with E-state index < -0.39 is 15.0 Å². The molecule has 0 fully saturated rings. The van der Waals surface area contributed by atoms with Crippen LogP contribution in [0.1, 0.15) is 41.5 Å². The Kier molecular flexibility index (Phi) is 4.80. The van der Waals surface area contributed by atoms with Crippen molar-refractivity contribution < 1.29 is 15.0 Å². The zero-order valence-corrected chi connectivity index (χ0v) is 11.3. The second kappa shape index (κ2) is 4.36. The van der Waals surface area contributed by atoms with Crippen LogP contribution in [0.15, 0.2) is 0 Å². The summed E-state index contributed by atoms with van der Waals surface area (Å²) in [7, 11) is 3.21. The van der Waals surface area contributed by atoms with Crippen LogP contribution in [0.5, 0.6) is 0 Å². The van der Waals surface area contributed by atoms with Crippen molar-refractivity contribution in [3.8, 4) is 0 Å². The second-order valence-electron chi connectivity index (χ2n) is 3.46. The Morgan fingerprint density at radius 2 is 0.909 bits per heavy atom. The zero-order chi connectivity index (χ0) is 9.23. The van der Waals surface area contributed by atoms with Crippen molar-refractivity contribution in [3.63, 3.8) is 0 Å². The molecule has 0 aromatic carbocycles. The number of hydrogen-bond acceptors (Lipinski definition) is 0. The van der Waals surface area contributed by atoms with E-state index in [1.54, 1.807) is 0 Å². The zero-order valence-electron chi connectivity index (χ0n) is 8.63. The third-order valence-electron chi connectivity index (χ3n) is 1.90. The van der Waals surface area contributed by atoms with Gasteiger partial charge in [-0.1, -0.05) is 0 Å². The van der Waals surface area contributed by atoms with E-state index in [4.69, 9.17) is 0 Å². The molecule has 1 unspecified atom stereocenters. The molecule has 0 aliphatic rings. The molecule has 0 saturated carbocycles. The standard InChI is InChI=1S/3C3H7.H2P.Pd/c3*1-3-2;;/h3*3H,1-2H3;1H2;/q;;;-1;+1. The molecule has 0 bridgehead atoms. The molecule has 0 spiro atoms. The normalized spacial score (nSPS) is 15.1. The average molecular weight is 269 g/mol. The van der Waals surface area contributed by atoms with Crippen LogP contribution >= 0.6 is 7.43 Å². The van der Waals surface area contributed by atoms with Crippen LogP contribution in [0.3, 0.4) is 0 Å². The Labute approximate surface area is 77.3 Å². The summed E-state index contributed by atoms with van der Waals surface area (Å²) in [6.07, 6.45) is 0. The van der Waals surface area contributed by atoms with E-state index in [1.807, 2.05) is 0 Å². The Bertz CT molecular complexity index is 97.0. The summed E-state index contributed by atoms with van der Waals surface area (Å²) < 4.78 is 2.68. The molecule has 0 nitrogen and oxygen atoms in total. The summed E-state index contributed by atoms with van der Waals surface area (Å²) in [6.45, 7) is 14.3. The third kappa shape index (κ3) is 2.52. The topological polar surface area (TPSA) is 0 Å². The van der Waals surface area contributed by atoms with Gasteiger partial charge in [0.15, 0.2) is 0 Å². The molecule has 0 heterocycles. The molecular weight excluding hydrogens is 245 g/mol. The number of hydrogen-bond donors (Lipinski definition) is 0. The summed E-state index contributed by atoms with van der Waals surface area (Å²) >= 11 is -1.18.